The highest BCUT2D eigenvalue weighted by Gasteiger charge is 2.28. The second-order valence-corrected chi connectivity index (χ2v) is 18.3. The largest absolute Gasteiger partial charge is 0.464 e. The maximum absolute atomic E-state index is 13.4. The Labute approximate surface area is 376 Å². The lowest BCUT2D eigenvalue weighted by Crippen LogP contribution is -2.55. The van der Waals surface area contributed by atoms with Gasteiger partial charge in [-0.05, 0) is 0 Å². The predicted molar refractivity (Wildman–Crippen MR) is 228 cm³/mol. The lowest BCUT2D eigenvalue weighted by molar-refractivity contribution is -0.148. The molecule has 354 valence electrons. The van der Waals surface area contributed by atoms with E-state index in [2.05, 4.69) is 0 Å². The van der Waals surface area contributed by atoms with Crippen LogP contribution in [-0.2, 0) is 91.0 Å². The number of carbonyl (C=O) groups is 6. The standard InChI is InChI=1S/C39H57N3O18S3/c1-25(34(46)58-19-28-16-55-28)22-61-13-4-31(43)52-10-7-40-37(49)41(8-11-53-32(44)5-14-62-23-26(2)35(47)59-20-29-17-56-29)39(51)42(38(40)50)9-12-54-33(45)6-15-63-24-27(3)36(48)60-21-30-18-57-30/h25-30H,4-24H2,1-3H3. The maximum Gasteiger partial charge on any atom is 0.336 e. The number of rotatable bonds is 33. The second-order valence-electron chi connectivity index (χ2n) is 14.9. The van der Waals surface area contributed by atoms with Gasteiger partial charge in [-0.15, -0.1) is 0 Å². The molecule has 1 aromatic heterocycles. The first-order valence-corrected chi connectivity index (χ1v) is 24.2. The van der Waals surface area contributed by atoms with E-state index in [4.69, 9.17) is 42.6 Å². The van der Waals surface area contributed by atoms with Gasteiger partial charge in [-0.2, -0.15) is 35.3 Å². The van der Waals surface area contributed by atoms with Crippen LogP contribution in [0.15, 0.2) is 14.4 Å². The normalized spacial score (nSPS) is 18.6. The van der Waals surface area contributed by atoms with Crippen molar-refractivity contribution in [3.8, 4) is 0 Å². The molecule has 6 unspecified atom stereocenters. The van der Waals surface area contributed by atoms with Gasteiger partial charge in [0, 0.05) is 34.5 Å². The third-order valence-corrected chi connectivity index (χ3v) is 12.9. The van der Waals surface area contributed by atoms with Crippen LogP contribution in [0.1, 0.15) is 40.0 Å². The molecule has 0 radical (unpaired) electrons. The monoisotopic (exact) mass is 951 g/mol. The van der Waals surface area contributed by atoms with Gasteiger partial charge in [0.05, 0.1) is 76.5 Å². The molecule has 0 saturated carbocycles. The lowest BCUT2D eigenvalue weighted by atomic mass is 10.2. The zero-order chi connectivity index (χ0) is 45.7. The summed E-state index contributed by atoms with van der Waals surface area (Å²) in [5.74, 6) is -1.84. The molecule has 0 spiro atoms. The van der Waals surface area contributed by atoms with Gasteiger partial charge in [-0.25, -0.2) is 28.1 Å². The number of hydrogen-bond donors (Lipinski definition) is 0. The highest BCUT2D eigenvalue weighted by molar-refractivity contribution is 7.99. The van der Waals surface area contributed by atoms with Gasteiger partial charge >= 0.3 is 52.9 Å². The molecular weight excluding hydrogens is 895 g/mol. The molecule has 0 N–H and O–H groups in total. The molecule has 63 heavy (non-hydrogen) atoms. The second kappa shape index (κ2) is 27.5. The number of epoxide rings is 3. The minimum Gasteiger partial charge on any atom is -0.464 e. The molecule has 3 saturated heterocycles. The fraction of sp³-hybridized carbons (Fsp3) is 0.769. The Balaban J connectivity index is 1.25. The third-order valence-electron chi connectivity index (χ3n) is 9.22. The molecular formula is C39H57N3O18S3. The highest BCUT2D eigenvalue weighted by Crippen LogP contribution is 2.17. The van der Waals surface area contributed by atoms with E-state index >= 15 is 0 Å². The number of aromatic nitrogens is 3. The fourth-order valence-corrected chi connectivity index (χ4v) is 8.02. The van der Waals surface area contributed by atoms with Crippen molar-refractivity contribution in [2.24, 2.45) is 17.8 Å². The van der Waals surface area contributed by atoms with Crippen LogP contribution in [-0.4, -0.2) is 162 Å². The third kappa shape index (κ3) is 20.3. The molecule has 6 atom stereocenters. The van der Waals surface area contributed by atoms with Crippen LogP contribution >= 0.6 is 35.3 Å². The SMILES string of the molecule is CC(CSCCC(=O)OCCn1c(=O)n(CCOC(=O)CCSCC(C)C(=O)OCC2CO2)c(=O)n(CCOC(=O)CCSCC(C)C(=O)OCC2CO2)c1=O)C(=O)OCC1CO1. The van der Waals surface area contributed by atoms with Crippen molar-refractivity contribution >= 4 is 71.1 Å². The highest BCUT2D eigenvalue weighted by atomic mass is 32.2. The molecule has 3 aliphatic heterocycles. The molecule has 0 aliphatic carbocycles. The fourth-order valence-electron chi connectivity index (χ4n) is 5.12. The van der Waals surface area contributed by atoms with E-state index < -0.39 is 92.2 Å². The van der Waals surface area contributed by atoms with Gasteiger partial charge in [-0.3, -0.25) is 28.8 Å². The Morgan fingerprint density at radius 3 is 0.984 bits per heavy atom. The summed E-state index contributed by atoms with van der Waals surface area (Å²) in [6.45, 7) is 5.09. The summed E-state index contributed by atoms with van der Waals surface area (Å²) in [5, 5.41) is 0. The summed E-state index contributed by atoms with van der Waals surface area (Å²) >= 11 is 4.07. The molecule has 0 aromatic carbocycles. The molecule has 3 aliphatic rings. The minimum absolute atomic E-state index is 0.0156. The van der Waals surface area contributed by atoms with Gasteiger partial charge in [0.1, 0.15) is 58.0 Å². The van der Waals surface area contributed by atoms with Crippen molar-refractivity contribution in [1.82, 2.24) is 13.7 Å². The summed E-state index contributed by atoms with van der Waals surface area (Å²) in [7, 11) is 0. The Morgan fingerprint density at radius 1 is 0.492 bits per heavy atom. The summed E-state index contributed by atoms with van der Waals surface area (Å²) in [6, 6.07) is 0. The summed E-state index contributed by atoms with van der Waals surface area (Å²) in [4.78, 5) is 114. The zero-order valence-corrected chi connectivity index (χ0v) is 38.2. The molecule has 4 rings (SSSR count). The molecule has 0 amide bonds. The average Bonchev–Trinajstić information content (AvgIpc) is 4.10. The molecule has 24 heteroatoms. The van der Waals surface area contributed by atoms with E-state index in [-0.39, 0.29) is 75.3 Å². The van der Waals surface area contributed by atoms with Crippen LogP contribution in [0, 0.1) is 17.8 Å². The predicted octanol–water partition coefficient (Wildman–Crippen LogP) is -0.0945. The molecule has 0 bridgehead atoms. The molecule has 4 heterocycles. The van der Waals surface area contributed by atoms with E-state index in [1.165, 1.54) is 35.3 Å². The van der Waals surface area contributed by atoms with Gasteiger partial charge in [0.2, 0.25) is 0 Å². The van der Waals surface area contributed by atoms with E-state index in [1.54, 1.807) is 20.8 Å². The van der Waals surface area contributed by atoms with Crippen molar-refractivity contribution in [2.45, 2.75) is 78.0 Å². The van der Waals surface area contributed by atoms with E-state index in [0.717, 1.165) is 0 Å². The van der Waals surface area contributed by atoms with Crippen LogP contribution in [0.4, 0.5) is 0 Å². The van der Waals surface area contributed by atoms with Crippen LogP contribution in [0.5, 0.6) is 0 Å². The number of hydrogen-bond acceptors (Lipinski definition) is 21. The lowest BCUT2D eigenvalue weighted by Gasteiger charge is -2.15. The van der Waals surface area contributed by atoms with Crippen molar-refractivity contribution in [2.75, 3.05) is 94.0 Å². The zero-order valence-electron chi connectivity index (χ0n) is 35.7. The first kappa shape index (κ1) is 51.8. The van der Waals surface area contributed by atoms with Gasteiger partial charge < -0.3 is 42.6 Å². The van der Waals surface area contributed by atoms with Crippen molar-refractivity contribution < 1.29 is 71.4 Å². The van der Waals surface area contributed by atoms with Crippen molar-refractivity contribution in [1.29, 1.82) is 0 Å². The Kier molecular flexibility index (Phi) is 22.6. The number of carbonyl (C=O) groups excluding carboxylic acids is 6. The van der Waals surface area contributed by atoms with Gasteiger partial charge in [-0.1, -0.05) is 20.8 Å². The Bertz CT molecular complexity index is 1640. The number of thioether (sulfide) groups is 3. The van der Waals surface area contributed by atoms with Crippen LogP contribution < -0.4 is 17.1 Å². The number of nitrogens with zero attached hydrogens (tertiary/aromatic N) is 3. The average molecular weight is 952 g/mol. The number of esters is 6. The van der Waals surface area contributed by atoms with Gasteiger partial charge in [0.25, 0.3) is 0 Å². The van der Waals surface area contributed by atoms with Crippen molar-refractivity contribution in [3.05, 3.63) is 31.5 Å². The number of ether oxygens (including phenoxy) is 9. The maximum atomic E-state index is 13.4. The quantitative estimate of drug-likeness (QED) is 0.0386. The van der Waals surface area contributed by atoms with E-state index in [0.29, 0.717) is 68.0 Å². The Morgan fingerprint density at radius 2 is 0.746 bits per heavy atom. The molecule has 3 fully saturated rings. The first-order chi connectivity index (χ1) is 30.2. The Hall–Kier alpha value is -3.84. The molecule has 21 nitrogen and oxygen atoms in total. The summed E-state index contributed by atoms with van der Waals surface area (Å²) in [5.41, 5.74) is -3.10. The molecule has 1 aromatic rings. The van der Waals surface area contributed by atoms with Gasteiger partial charge in [0.15, 0.2) is 0 Å². The van der Waals surface area contributed by atoms with Crippen molar-refractivity contribution in [3.63, 3.8) is 0 Å². The smallest absolute Gasteiger partial charge is 0.336 e. The summed E-state index contributed by atoms with van der Waals surface area (Å²) < 4.78 is 48.5. The summed E-state index contributed by atoms with van der Waals surface area (Å²) in [6.07, 6.45) is -0.161. The van der Waals surface area contributed by atoms with E-state index in [1.807, 2.05) is 0 Å². The van der Waals surface area contributed by atoms with Crippen LogP contribution in [0.2, 0.25) is 0 Å². The minimum atomic E-state index is -1.03. The van der Waals surface area contributed by atoms with E-state index in [9.17, 15) is 43.2 Å². The topological polar surface area (TPSA) is 261 Å². The first-order valence-electron chi connectivity index (χ1n) is 20.7. The van der Waals surface area contributed by atoms with Crippen LogP contribution in [0.3, 0.4) is 0 Å². The van der Waals surface area contributed by atoms with Crippen LogP contribution in [0.25, 0.3) is 0 Å².